The van der Waals surface area contributed by atoms with Gasteiger partial charge in [-0.1, -0.05) is 0 Å². The van der Waals surface area contributed by atoms with Gasteiger partial charge in [-0.2, -0.15) is 4.98 Å². The predicted molar refractivity (Wildman–Crippen MR) is 127 cm³/mol. The van der Waals surface area contributed by atoms with Crippen molar-refractivity contribution in [2.24, 2.45) is 0 Å². The number of amides is 1. The smallest absolute Gasteiger partial charge is 0.268 e. The van der Waals surface area contributed by atoms with Crippen LogP contribution in [-0.4, -0.2) is 67.8 Å². The Morgan fingerprint density at radius 2 is 1.74 bits per heavy atom. The van der Waals surface area contributed by atoms with Crippen LogP contribution in [0.2, 0.25) is 0 Å². The number of carbonyl (C=O) groups is 1. The first kappa shape index (κ1) is 22.8. The van der Waals surface area contributed by atoms with Crippen molar-refractivity contribution in [1.29, 1.82) is 0 Å². The average molecular weight is 482 g/mol. The third-order valence-corrected chi connectivity index (χ3v) is 6.05. The molecule has 11 heteroatoms. The summed E-state index contributed by atoms with van der Waals surface area (Å²) in [5.41, 5.74) is 1.39. The van der Waals surface area contributed by atoms with Crippen molar-refractivity contribution in [3.05, 3.63) is 59.8 Å². The standard InChI is InChI=1S/C24H24F2N6O3/c1-30-7-9-31(10-8-30)16-5-3-15(4-6-16)28-24-27-13-18-22(29-24)35-14-32(23(18)33)21-19(25)11-17(34-2)12-20(21)26/h3-6,11-13H,7-10,14H2,1-2H3,(H,27,28,29). The molecular formula is C24H24F2N6O3. The Labute approximate surface area is 200 Å². The van der Waals surface area contributed by atoms with Crippen LogP contribution in [0.15, 0.2) is 42.6 Å². The van der Waals surface area contributed by atoms with Crippen LogP contribution in [0.3, 0.4) is 0 Å². The Hall–Kier alpha value is -3.99. The molecule has 1 saturated heterocycles. The lowest BCUT2D eigenvalue weighted by molar-refractivity contribution is 0.0929. The normalized spacial score (nSPS) is 16.1. The minimum Gasteiger partial charge on any atom is -0.497 e. The Morgan fingerprint density at radius 1 is 1.06 bits per heavy atom. The van der Waals surface area contributed by atoms with Crippen molar-refractivity contribution in [3.63, 3.8) is 0 Å². The molecule has 1 amide bonds. The van der Waals surface area contributed by atoms with E-state index in [1.165, 1.54) is 13.3 Å². The van der Waals surface area contributed by atoms with E-state index < -0.39 is 30.0 Å². The van der Waals surface area contributed by atoms with Crippen LogP contribution in [0, 0.1) is 11.6 Å². The number of fused-ring (bicyclic) bond motifs is 1. The molecule has 0 spiro atoms. The molecule has 0 radical (unpaired) electrons. The van der Waals surface area contributed by atoms with Crippen LogP contribution < -0.4 is 24.6 Å². The second-order valence-corrected chi connectivity index (χ2v) is 8.32. The third-order valence-electron chi connectivity index (χ3n) is 6.05. The summed E-state index contributed by atoms with van der Waals surface area (Å²) >= 11 is 0. The lowest BCUT2D eigenvalue weighted by Gasteiger charge is -2.34. The molecule has 0 atom stereocenters. The molecule has 3 aromatic rings. The molecule has 2 aromatic carbocycles. The van der Waals surface area contributed by atoms with Crippen LogP contribution in [-0.2, 0) is 0 Å². The number of halogens is 2. The number of nitrogens with one attached hydrogen (secondary N) is 1. The minimum atomic E-state index is -0.943. The van der Waals surface area contributed by atoms with Crippen LogP contribution in [0.25, 0.3) is 0 Å². The Kier molecular flexibility index (Phi) is 6.08. The van der Waals surface area contributed by atoms with E-state index in [1.54, 1.807) is 0 Å². The second-order valence-electron chi connectivity index (χ2n) is 8.32. The number of aromatic nitrogens is 2. The molecule has 1 N–H and O–H groups in total. The zero-order valence-corrected chi connectivity index (χ0v) is 19.3. The molecule has 0 saturated carbocycles. The molecule has 2 aliphatic heterocycles. The summed E-state index contributed by atoms with van der Waals surface area (Å²) in [5, 5.41) is 3.09. The number of ether oxygens (including phenoxy) is 2. The highest BCUT2D eigenvalue weighted by atomic mass is 19.1. The van der Waals surface area contributed by atoms with E-state index in [9.17, 15) is 13.6 Å². The highest BCUT2D eigenvalue weighted by Crippen LogP contribution is 2.33. The van der Waals surface area contributed by atoms with E-state index in [2.05, 4.69) is 32.1 Å². The molecule has 0 bridgehead atoms. The molecule has 182 valence electrons. The first-order valence-corrected chi connectivity index (χ1v) is 11.1. The van der Waals surface area contributed by atoms with Gasteiger partial charge in [0.2, 0.25) is 11.8 Å². The van der Waals surface area contributed by atoms with E-state index in [0.29, 0.717) is 0 Å². The van der Waals surface area contributed by atoms with E-state index in [0.717, 1.165) is 54.6 Å². The molecule has 9 nitrogen and oxygen atoms in total. The average Bonchev–Trinajstić information content (AvgIpc) is 2.86. The molecule has 5 rings (SSSR count). The number of methoxy groups -OCH3 is 1. The second kappa shape index (κ2) is 9.34. The van der Waals surface area contributed by atoms with Gasteiger partial charge in [0, 0.05) is 55.9 Å². The molecular weight excluding hydrogens is 458 g/mol. The predicted octanol–water partition coefficient (Wildman–Crippen LogP) is 3.26. The van der Waals surface area contributed by atoms with Gasteiger partial charge in [-0.15, -0.1) is 0 Å². The summed E-state index contributed by atoms with van der Waals surface area (Å²) in [6.45, 7) is 3.60. The number of rotatable bonds is 5. The van der Waals surface area contributed by atoms with Gasteiger partial charge in [-0.05, 0) is 31.3 Å². The number of hydrogen-bond acceptors (Lipinski definition) is 8. The van der Waals surface area contributed by atoms with Crippen LogP contribution in [0.1, 0.15) is 10.4 Å². The van der Waals surface area contributed by atoms with Crippen molar-refractivity contribution in [1.82, 2.24) is 14.9 Å². The number of hydrogen-bond donors (Lipinski definition) is 1. The summed E-state index contributed by atoms with van der Waals surface area (Å²) in [4.78, 5) is 26.9. The zero-order valence-electron chi connectivity index (χ0n) is 19.3. The molecule has 1 aromatic heterocycles. The Morgan fingerprint density at radius 3 is 2.40 bits per heavy atom. The number of piperazine rings is 1. The van der Waals surface area contributed by atoms with E-state index in [-0.39, 0.29) is 23.1 Å². The van der Waals surface area contributed by atoms with Gasteiger partial charge in [0.1, 0.15) is 17.0 Å². The number of carbonyl (C=O) groups excluding carboxylic acids is 1. The third kappa shape index (κ3) is 4.54. The highest BCUT2D eigenvalue weighted by Gasteiger charge is 2.32. The van der Waals surface area contributed by atoms with Gasteiger partial charge in [0.25, 0.3) is 5.91 Å². The van der Waals surface area contributed by atoms with Crippen molar-refractivity contribution in [2.45, 2.75) is 0 Å². The molecule has 3 heterocycles. The van der Waals surface area contributed by atoms with Gasteiger partial charge < -0.3 is 24.6 Å². The highest BCUT2D eigenvalue weighted by molar-refractivity contribution is 6.08. The van der Waals surface area contributed by atoms with E-state index >= 15 is 0 Å². The Balaban J connectivity index is 1.30. The number of nitrogens with zero attached hydrogens (tertiary/aromatic N) is 5. The van der Waals surface area contributed by atoms with Gasteiger partial charge in [-0.3, -0.25) is 9.69 Å². The quantitative estimate of drug-likeness (QED) is 0.594. The number of likely N-dealkylation sites (N-methyl/N-ethyl adjacent to an activating group) is 1. The van der Waals surface area contributed by atoms with E-state index in [1.807, 2.05) is 24.3 Å². The Bertz CT molecular complexity index is 1230. The van der Waals surface area contributed by atoms with Crippen molar-refractivity contribution in [3.8, 4) is 11.6 Å². The zero-order chi connectivity index (χ0) is 24.5. The fourth-order valence-electron chi connectivity index (χ4n) is 4.05. The summed E-state index contributed by atoms with van der Waals surface area (Å²) in [6, 6.07) is 9.92. The van der Waals surface area contributed by atoms with Crippen molar-refractivity contribution < 1.29 is 23.0 Å². The molecule has 35 heavy (non-hydrogen) atoms. The molecule has 1 fully saturated rings. The minimum absolute atomic E-state index is 0.00170. The fourth-order valence-corrected chi connectivity index (χ4v) is 4.05. The molecule has 2 aliphatic rings. The lowest BCUT2D eigenvalue weighted by atomic mass is 10.2. The summed E-state index contributed by atoms with van der Waals surface area (Å²) in [6.07, 6.45) is 1.27. The maximum atomic E-state index is 14.5. The molecule has 0 unspecified atom stereocenters. The van der Waals surface area contributed by atoms with Crippen molar-refractivity contribution in [2.75, 3.05) is 62.2 Å². The van der Waals surface area contributed by atoms with Crippen LogP contribution in [0.5, 0.6) is 11.6 Å². The van der Waals surface area contributed by atoms with Crippen LogP contribution in [0.4, 0.5) is 31.8 Å². The maximum Gasteiger partial charge on any atom is 0.268 e. The van der Waals surface area contributed by atoms with Gasteiger partial charge >= 0.3 is 0 Å². The van der Waals surface area contributed by atoms with Gasteiger partial charge in [0.15, 0.2) is 18.4 Å². The first-order chi connectivity index (χ1) is 16.9. The largest absolute Gasteiger partial charge is 0.497 e. The SMILES string of the molecule is COc1cc(F)c(N2COc3nc(Nc4ccc(N5CCN(C)CC5)cc4)ncc3C2=O)c(F)c1. The van der Waals surface area contributed by atoms with E-state index in [4.69, 9.17) is 9.47 Å². The van der Waals surface area contributed by atoms with Gasteiger partial charge in [0.05, 0.1) is 7.11 Å². The van der Waals surface area contributed by atoms with Gasteiger partial charge in [-0.25, -0.2) is 13.8 Å². The maximum absolute atomic E-state index is 14.5. The summed E-state index contributed by atoms with van der Waals surface area (Å²) in [7, 11) is 3.41. The summed E-state index contributed by atoms with van der Waals surface area (Å²) < 4.78 is 39.4. The fraction of sp³-hybridized carbons (Fsp3) is 0.292. The lowest BCUT2D eigenvalue weighted by Crippen LogP contribution is -2.44. The molecule has 0 aliphatic carbocycles. The topological polar surface area (TPSA) is 83.1 Å². The number of benzene rings is 2. The monoisotopic (exact) mass is 482 g/mol. The van der Waals surface area contributed by atoms with Crippen molar-refractivity contribution >= 4 is 28.9 Å². The number of anilines is 4. The van der Waals surface area contributed by atoms with Crippen LogP contribution >= 0.6 is 0 Å². The summed E-state index contributed by atoms with van der Waals surface area (Å²) in [5.74, 6) is -2.28. The first-order valence-electron chi connectivity index (χ1n) is 11.1.